The highest BCUT2D eigenvalue weighted by atomic mass is 16.5. The van der Waals surface area contributed by atoms with Crippen LogP contribution in [0.5, 0.6) is 0 Å². The maximum atomic E-state index is 6.07. The van der Waals surface area contributed by atoms with E-state index in [9.17, 15) is 0 Å². The van der Waals surface area contributed by atoms with Gasteiger partial charge in [-0.15, -0.1) is 0 Å². The molecule has 0 radical (unpaired) electrons. The van der Waals surface area contributed by atoms with Crippen molar-refractivity contribution >= 4 is 5.95 Å². The van der Waals surface area contributed by atoms with Gasteiger partial charge in [-0.05, 0) is 24.1 Å². The lowest BCUT2D eigenvalue weighted by atomic mass is 9.85. The molecule has 0 amide bonds. The van der Waals surface area contributed by atoms with E-state index in [1.807, 2.05) is 24.4 Å². The second-order valence-corrected chi connectivity index (χ2v) is 6.22. The normalized spacial score (nSPS) is 22.8. The Balaban J connectivity index is 1.32. The van der Waals surface area contributed by atoms with E-state index in [0.717, 1.165) is 44.0 Å². The Labute approximate surface area is 135 Å². The zero-order valence-corrected chi connectivity index (χ0v) is 13.0. The molecule has 0 bridgehead atoms. The van der Waals surface area contributed by atoms with E-state index in [1.54, 1.807) is 18.6 Å². The third-order valence-corrected chi connectivity index (χ3v) is 4.45. The van der Waals surface area contributed by atoms with Gasteiger partial charge in [0.15, 0.2) is 0 Å². The predicted molar refractivity (Wildman–Crippen MR) is 85.0 cm³/mol. The van der Waals surface area contributed by atoms with Gasteiger partial charge < -0.3 is 14.4 Å². The molecule has 2 aromatic heterocycles. The van der Waals surface area contributed by atoms with Crippen LogP contribution in [-0.2, 0) is 16.1 Å². The van der Waals surface area contributed by atoms with E-state index >= 15 is 0 Å². The Bertz CT molecular complexity index is 632. The molecule has 1 spiro atoms. The molecule has 2 saturated heterocycles. The van der Waals surface area contributed by atoms with Crippen molar-refractivity contribution in [2.75, 3.05) is 24.6 Å². The van der Waals surface area contributed by atoms with Crippen molar-refractivity contribution in [3.63, 3.8) is 0 Å². The number of anilines is 1. The SMILES string of the molecule is c1cnc(N2CC3(CC(OCc4cccnc4)CCO3)C2)nc1. The Morgan fingerprint density at radius 3 is 2.87 bits per heavy atom. The van der Waals surface area contributed by atoms with Crippen LogP contribution in [-0.4, -0.2) is 46.4 Å². The van der Waals surface area contributed by atoms with Gasteiger partial charge in [0.1, 0.15) is 5.60 Å². The summed E-state index contributed by atoms with van der Waals surface area (Å²) in [5.41, 5.74) is 1.01. The van der Waals surface area contributed by atoms with Gasteiger partial charge in [-0.1, -0.05) is 6.07 Å². The second-order valence-electron chi connectivity index (χ2n) is 6.22. The average Bonchev–Trinajstić information content (AvgIpc) is 2.60. The fraction of sp³-hybridized carbons (Fsp3) is 0.471. The quantitative estimate of drug-likeness (QED) is 0.858. The van der Waals surface area contributed by atoms with Crippen LogP contribution in [0, 0.1) is 0 Å². The molecular formula is C17H20N4O2. The van der Waals surface area contributed by atoms with Crippen LogP contribution >= 0.6 is 0 Å². The topological polar surface area (TPSA) is 60.4 Å². The number of hydrogen-bond acceptors (Lipinski definition) is 6. The highest BCUT2D eigenvalue weighted by molar-refractivity contribution is 5.37. The highest BCUT2D eigenvalue weighted by Gasteiger charge is 2.48. The number of rotatable bonds is 4. The van der Waals surface area contributed by atoms with Gasteiger partial charge in [-0.25, -0.2) is 9.97 Å². The highest BCUT2D eigenvalue weighted by Crippen LogP contribution is 2.36. The van der Waals surface area contributed by atoms with E-state index in [2.05, 4.69) is 19.9 Å². The molecule has 6 nitrogen and oxygen atoms in total. The fourth-order valence-corrected chi connectivity index (χ4v) is 3.29. The minimum Gasteiger partial charge on any atom is -0.373 e. The van der Waals surface area contributed by atoms with Crippen LogP contribution < -0.4 is 4.90 Å². The minimum atomic E-state index is -0.100. The van der Waals surface area contributed by atoms with Gasteiger partial charge >= 0.3 is 0 Å². The molecule has 4 rings (SSSR count). The van der Waals surface area contributed by atoms with Gasteiger partial charge in [-0.3, -0.25) is 4.98 Å². The minimum absolute atomic E-state index is 0.100. The molecule has 1 atom stereocenters. The number of nitrogens with zero attached hydrogens (tertiary/aromatic N) is 4. The van der Waals surface area contributed by atoms with Crippen LogP contribution in [0.3, 0.4) is 0 Å². The molecule has 2 aromatic rings. The molecule has 0 aromatic carbocycles. The molecule has 0 N–H and O–H groups in total. The first-order valence-corrected chi connectivity index (χ1v) is 7.99. The van der Waals surface area contributed by atoms with Crippen molar-refractivity contribution < 1.29 is 9.47 Å². The lowest BCUT2D eigenvalue weighted by Gasteiger charge is -2.52. The standard InChI is InChI=1S/C17H20N4O2/c1-3-14(10-18-5-1)11-22-15-4-8-23-17(9-15)12-21(13-17)16-19-6-2-7-20-16/h1-3,5-7,10,15H,4,8-9,11-13H2. The van der Waals surface area contributed by atoms with Crippen LogP contribution in [0.4, 0.5) is 5.95 Å². The zero-order chi connectivity index (χ0) is 15.5. The third-order valence-electron chi connectivity index (χ3n) is 4.45. The fourth-order valence-electron chi connectivity index (χ4n) is 3.29. The summed E-state index contributed by atoms with van der Waals surface area (Å²) in [4.78, 5) is 14.9. The summed E-state index contributed by atoms with van der Waals surface area (Å²) in [7, 11) is 0. The summed E-state index contributed by atoms with van der Waals surface area (Å²) in [5, 5.41) is 0. The monoisotopic (exact) mass is 312 g/mol. The van der Waals surface area contributed by atoms with E-state index in [-0.39, 0.29) is 11.7 Å². The Kier molecular flexibility index (Phi) is 3.93. The van der Waals surface area contributed by atoms with Crippen LogP contribution in [0.15, 0.2) is 43.0 Å². The summed E-state index contributed by atoms with van der Waals surface area (Å²) in [6, 6.07) is 5.81. The van der Waals surface area contributed by atoms with Crippen molar-refractivity contribution in [3.8, 4) is 0 Å². The first-order chi connectivity index (χ1) is 11.3. The molecule has 4 heterocycles. The van der Waals surface area contributed by atoms with Gasteiger partial charge in [0.2, 0.25) is 5.95 Å². The second kappa shape index (κ2) is 6.22. The predicted octanol–water partition coefficient (Wildman–Crippen LogP) is 1.83. The van der Waals surface area contributed by atoms with Crippen LogP contribution in [0.1, 0.15) is 18.4 Å². The largest absolute Gasteiger partial charge is 0.373 e. The lowest BCUT2D eigenvalue weighted by Crippen LogP contribution is -2.66. The molecular weight excluding hydrogens is 292 g/mol. The van der Waals surface area contributed by atoms with Gasteiger partial charge in [0.05, 0.1) is 25.8 Å². The molecule has 23 heavy (non-hydrogen) atoms. The molecule has 0 aliphatic carbocycles. The zero-order valence-electron chi connectivity index (χ0n) is 13.0. The number of ether oxygens (including phenoxy) is 2. The summed E-state index contributed by atoms with van der Waals surface area (Å²) in [6.07, 6.45) is 9.29. The lowest BCUT2D eigenvalue weighted by molar-refractivity contribution is -0.148. The molecule has 2 aliphatic heterocycles. The van der Waals surface area contributed by atoms with Gasteiger partial charge in [-0.2, -0.15) is 0 Å². The third kappa shape index (κ3) is 3.18. The smallest absolute Gasteiger partial charge is 0.225 e. The van der Waals surface area contributed by atoms with E-state index < -0.39 is 0 Å². The Hall–Kier alpha value is -2.05. The molecule has 0 saturated carbocycles. The first-order valence-electron chi connectivity index (χ1n) is 7.99. The van der Waals surface area contributed by atoms with Crippen molar-refractivity contribution in [2.45, 2.75) is 31.2 Å². The number of aromatic nitrogens is 3. The van der Waals surface area contributed by atoms with Gasteiger partial charge in [0.25, 0.3) is 0 Å². The van der Waals surface area contributed by atoms with Crippen LogP contribution in [0.2, 0.25) is 0 Å². The Morgan fingerprint density at radius 2 is 2.09 bits per heavy atom. The van der Waals surface area contributed by atoms with E-state index in [0.29, 0.717) is 6.61 Å². The summed E-state index contributed by atoms with van der Waals surface area (Å²) in [5.74, 6) is 0.778. The maximum Gasteiger partial charge on any atom is 0.225 e. The molecule has 120 valence electrons. The van der Waals surface area contributed by atoms with Crippen molar-refractivity contribution in [1.82, 2.24) is 15.0 Å². The van der Waals surface area contributed by atoms with Crippen LogP contribution in [0.25, 0.3) is 0 Å². The summed E-state index contributed by atoms with van der Waals surface area (Å²) >= 11 is 0. The Morgan fingerprint density at radius 1 is 1.22 bits per heavy atom. The van der Waals surface area contributed by atoms with E-state index in [4.69, 9.17) is 9.47 Å². The van der Waals surface area contributed by atoms with Gasteiger partial charge in [0, 0.05) is 37.8 Å². The summed E-state index contributed by atoms with van der Waals surface area (Å²) in [6.45, 7) is 3.04. The molecule has 1 unspecified atom stereocenters. The number of pyridine rings is 1. The first kappa shape index (κ1) is 14.5. The van der Waals surface area contributed by atoms with Crippen molar-refractivity contribution in [3.05, 3.63) is 48.5 Å². The van der Waals surface area contributed by atoms with E-state index in [1.165, 1.54) is 0 Å². The molecule has 2 aliphatic rings. The maximum absolute atomic E-state index is 6.07. The van der Waals surface area contributed by atoms with Crippen molar-refractivity contribution in [1.29, 1.82) is 0 Å². The van der Waals surface area contributed by atoms with Crippen molar-refractivity contribution in [2.24, 2.45) is 0 Å². The molecule has 6 heteroatoms. The molecule has 2 fully saturated rings. The number of hydrogen-bond donors (Lipinski definition) is 0. The average molecular weight is 312 g/mol. The summed E-state index contributed by atoms with van der Waals surface area (Å²) < 4.78 is 12.1.